The third kappa shape index (κ3) is 5.06. The molecule has 0 fully saturated rings. The molecule has 0 spiro atoms. The van der Waals surface area contributed by atoms with E-state index in [1.807, 2.05) is 18.2 Å². The van der Waals surface area contributed by atoms with Gasteiger partial charge in [-0.2, -0.15) is 0 Å². The standard InChI is InChI=1S/C13H19BrN2O2/c1-9(2)16-7-10-6-11(14)4-5-12(10)18-8-13(17)15-3/h4-6,9,16H,7-8H2,1-3H3,(H,15,17). The largest absolute Gasteiger partial charge is 0.483 e. The van der Waals surface area contributed by atoms with Crippen LogP contribution in [0.5, 0.6) is 5.75 Å². The second-order valence-electron chi connectivity index (χ2n) is 4.25. The minimum Gasteiger partial charge on any atom is -0.483 e. The predicted molar refractivity (Wildman–Crippen MR) is 75.7 cm³/mol. The van der Waals surface area contributed by atoms with Crippen LogP contribution in [0, 0.1) is 0 Å². The van der Waals surface area contributed by atoms with E-state index in [1.165, 1.54) is 0 Å². The van der Waals surface area contributed by atoms with Crippen molar-refractivity contribution in [2.75, 3.05) is 13.7 Å². The maximum atomic E-state index is 11.2. The molecular formula is C13H19BrN2O2. The fraction of sp³-hybridized carbons (Fsp3) is 0.462. The molecule has 4 nitrogen and oxygen atoms in total. The van der Waals surface area contributed by atoms with E-state index in [0.29, 0.717) is 12.6 Å². The Kier molecular flexibility index (Phi) is 6.15. The fourth-order valence-electron chi connectivity index (χ4n) is 1.36. The predicted octanol–water partition coefficient (Wildman–Crippen LogP) is 2.07. The molecule has 5 heteroatoms. The Labute approximate surface area is 116 Å². The molecule has 1 aromatic rings. The van der Waals surface area contributed by atoms with Gasteiger partial charge in [-0.15, -0.1) is 0 Å². The van der Waals surface area contributed by atoms with E-state index in [0.717, 1.165) is 15.8 Å². The summed E-state index contributed by atoms with van der Waals surface area (Å²) in [6, 6.07) is 6.16. The summed E-state index contributed by atoms with van der Waals surface area (Å²) in [6.07, 6.45) is 0. The zero-order chi connectivity index (χ0) is 13.5. The summed E-state index contributed by atoms with van der Waals surface area (Å²) in [5.74, 6) is 0.593. The van der Waals surface area contributed by atoms with Gasteiger partial charge in [-0.1, -0.05) is 29.8 Å². The first-order valence-corrected chi connectivity index (χ1v) is 6.67. The Morgan fingerprint density at radius 2 is 2.17 bits per heavy atom. The lowest BCUT2D eigenvalue weighted by Gasteiger charge is -2.13. The third-order valence-electron chi connectivity index (χ3n) is 2.36. The van der Waals surface area contributed by atoms with Crippen LogP contribution in [0.1, 0.15) is 19.4 Å². The lowest BCUT2D eigenvalue weighted by atomic mass is 10.2. The highest BCUT2D eigenvalue weighted by Crippen LogP contribution is 2.23. The molecule has 18 heavy (non-hydrogen) atoms. The Morgan fingerprint density at radius 3 is 2.78 bits per heavy atom. The van der Waals surface area contributed by atoms with Crippen molar-refractivity contribution in [1.29, 1.82) is 0 Å². The van der Waals surface area contributed by atoms with Gasteiger partial charge >= 0.3 is 0 Å². The summed E-state index contributed by atoms with van der Waals surface area (Å²) in [5, 5.41) is 5.86. The highest BCUT2D eigenvalue weighted by molar-refractivity contribution is 9.10. The Bertz CT molecular complexity index is 408. The monoisotopic (exact) mass is 314 g/mol. The van der Waals surface area contributed by atoms with E-state index in [9.17, 15) is 4.79 Å². The van der Waals surface area contributed by atoms with E-state index in [4.69, 9.17) is 4.74 Å². The molecule has 0 saturated heterocycles. The normalized spacial score (nSPS) is 10.5. The van der Waals surface area contributed by atoms with Crippen LogP contribution in [0.25, 0.3) is 0 Å². The van der Waals surface area contributed by atoms with Crippen LogP contribution in [0.15, 0.2) is 22.7 Å². The second kappa shape index (κ2) is 7.38. The molecule has 0 unspecified atom stereocenters. The van der Waals surface area contributed by atoms with E-state index in [1.54, 1.807) is 7.05 Å². The Hall–Kier alpha value is -1.07. The maximum absolute atomic E-state index is 11.2. The highest BCUT2D eigenvalue weighted by atomic mass is 79.9. The van der Waals surface area contributed by atoms with Crippen molar-refractivity contribution in [2.45, 2.75) is 26.4 Å². The van der Waals surface area contributed by atoms with Crippen LogP contribution in [-0.2, 0) is 11.3 Å². The number of hydrogen-bond acceptors (Lipinski definition) is 3. The third-order valence-corrected chi connectivity index (χ3v) is 2.85. The number of benzene rings is 1. The molecule has 100 valence electrons. The molecule has 1 rings (SSSR count). The van der Waals surface area contributed by atoms with Crippen molar-refractivity contribution in [3.8, 4) is 5.75 Å². The van der Waals surface area contributed by atoms with Gasteiger partial charge in [-0.3, -0.25) is 4.79 Å². The number of hydrogen-bond donors (Lipinski definition) is 2. The summed E-state index contributed by atoms with van der Waals surface area (Å²) < 4.78 is 6.50. The maximum Gasteiger partial charge on any atom is 0.257 e. The molecule has 0 aliphatic rings. The van der Waals surface area contributed by atoms with Crippen molar-refractivity contribution < 1.29 is 9.53 Å². The topological polar surface area (TPSA) is 50.4 Å². The van der Waals surface area contributed by atoms with Crippen LogP contribution in [0.4, 0.5) is 0 Å². The van der Waals surface area contributed by atoms with Crippen LogP contribution in [0.2, 0.25) is 0 Å². The molecule has 2 N–H and O–H groups in total. The smallest absolute Gasteiger partial charge is 0.257 e. The quantitative estimate of drug-likeness (QED) is 0.845. The first-order chi connectivity index (χ1) is 8.52. The summed E-state index contributed by atoms with van der Waals surface area (Å²) in [7, 11) is 1.59. The summed E-state index contributed by atoms with van der Waals surface area (Å²) >= 11 is 3.43. The van der Waals surface area contributed by atoms with Crippen LogP contribution >= 0.6 is 15.9 Å². The van der Waals surface area contributed by atoms with Gasteiger partial charge in [0.25, 0.3) is 5.91 Å². The average molecular weight is 315 g/mol. The number of amides is 1. The van der Waals surface area contributed by atoms with Gasteiger partial charge in [-0.25, -0.2) is 0 Å². The lowest BCUT2D eigenvalue weighted by Crippen LogP contribution is -2.26. The molecule has 1 amide bonds. The number of nitrogens with one attached hydrogen (secondary N) is 2. The molecule has 0 aliphatic carbocycles. The van der Waals surface area contributed by atoms with Crippen LogP contribution < -0.4 is 15.4 Å². The van der Waals surface area contributed by atoms with Gasteiger partial charge < -0.3 is 15.4 Å². The molecule has 0 aromatic heterocycles. The fourth-order valence-corrected chi connectivity index (χ4v) is 1.77. The molecule has 0 aliphatic heterocycles. The summed E-state index contributed by atoms with van der Waals surface area (Å²) in [4.78, 5) is 11.2. The van der Waals surface area contributed by atoms with Gasteiger partial charge in [-0.05, 0) is 18.2 Å². The van der Waals surface area contributed by atoms with E-state index < -0.39 is 0 Å². The molecule has 0 atom stereocenters. The molecule has 0 saturated carbocycles. The van der Waals surface area contributed by atoms with Gasteiger partial charge in [0.1, 0.15) is 5.75 Å². The van der Waals surface area contributed by atoms with Gasteiger partial charge in [0, 0.05) is 29.7 Å². The van der Waals surface area contributed by atoms with Gasteiger partial charge in [0.15, 0.2) is 6.61 Å². The number of rotatable bonds is 6. The number of likely N-dealkylation sites (N-methyl/N-ethyl adjacent to an activating group) is 1. The van der Waals surface area contributed by atoms with Gasteiger partial charge in [0.05, 0.1) is 0 Å². The SMILES string of the molecule is CNC(=O)COc1ccc(Br)cc1CNC(C)C. The van der Waals surface area contributed by atoms with Crippen molar-refractivity contribution >= 4 is 21.8 Å². The number of halogens is 1. The van der Waals surface area contributed by atoms with Gasteiger partial charge in [0.2, 0.25) is 0 Å². The zero-order valence-corrected chi connectivity index (χ0v) is 12.5. The summed E-state index contributed by atoms with van der Waals surface area (Å²) in [6.45, 7) is 4.92. The molecular weight excluding hydrogens is 296 g/mol. The van der Waals surface area contributed by atoms with E-state index in [-0.39, 0.29) is 12.5 Å². The Balaban J connectivity index is 2.72. The summed E-state index contributed by atoms with van der Waals surface area (Å²) in [5.41, 5.74) is 1.03. The molecule has 1 aromatic carbocycles. The molecule has 0 radical (unpaired) electrons. The second-order valence-corrected chi connectivity index (χ2v) is 5.17. The van der Waals surface area contributed by atoms with Crippen molar-refractivity contribution in [1.82, 2.24) is 10.6 Å². The van der Waals surface area contributed by atoms with Crippen LogP contribution in [-0.4, -0.2) is 25.6 Å². The average Bonchev–Trinajstić information content (AvgIpc) is 2.34. The minimum absolute atomic E-state index is 0.0345. The number of carbonyl (C=O) groups is 1. The lowest BCUT2D eigenvalue weighted by molar-refractivity contribution is -0.122. The Morgan fingerprint density at radius 1 is 1.44 bits per heavy atom. The van der Waals surface area contributed by atoms with Crippen molar-refractivity contribution in [2.24, 2.45) is 0 Å². The van der Waals surface area contributed by atoms with Crippen molar-refractivity contribution in [3.05, 3.63) is 28.2 Å². The number of ether oxygens (including phenoxy) is 1. The van der Waals surface area contributed by atoms with E-state index >= 15 is 0 Å². The molecule has 0 heterocycles. The van der Waals surface area contributed by atoms with Crippen LogP contribution in [0.3, 0.4) is 0 Å². The molecule has 0 bridgehead atoms. The zero-order valence-electron chi connectivity index (χ0n) is 10.9. The first kappa shape index (κ1) is 15.0. The van der Waals surface area contributed by atoms with Crippen molar-refractivity contribution in [3.63, 3.8) is 0 Å². The highest BCUT2D eigenvalue weighted by Gasteiger charge is 2.07. The minimum atomic E-state index is -0.138. The number of carbonyl (C=O) groups excluding carboxylic acids is 1. The van der Waals surface area contributed by atoms with E-state index in [2.05, 4.69) is 40.4 Å². The first-order valence-electron chi connectivity index (χ1n) is 5.88.